The highest BCUT2D eigenvalue weighted by molar-refractivity contribution is 7.91. The fourth-order valence-electron chi connectivity index (χ4n) is 2.76. The van der Waals surface area contributed by atoms with Crippen molar-refractivity contribution >= 4 is 21.4 Å². The van der Waals surface area contributed by atoms with Crippen molar-refractivity contribution in [1.29, 1.82) is 0 Å². The van der Waals surface area contributed by atoms with Crippen LogP contribution in [0.3, 0.4) is 0 Å². The summed E-state index contributed by atoms with van der Waals surface area (Å²) in [5.74, 6) is 0.825. The molecule has 6 nitrogen and oxygen atoms in total. The van der Waals surface area contributed by atoms with E-state index in [0.717, 1.165) is 24.4 Å². The van der Waals surface area contributed by atoms with Gasteiger partial charge in [-0.1, -0.05) is 11.3 Å². The summed E-state index contributed by atoms with van der Waals surface area (Å²) in [5, 5.41) is 3.28. The quantitative estimate of drug-likeness (QED) is 0.775. The molecule has 0 radical (unpaired) electrons. The Bertz CT molecular complexity index is 607. The number of H-pyrrole nitrogens is 1. The first-order valence-electron chi connectivity index (χ1n) is 5.89. The average Bonchev–Trinajstić information content (AvgIpc) is 2.90. The molecule has 0 unspecified atom stereocenters. The van der Waals surface area contributed by atoms with E-state index in [4.69, 9.17) is 0 Å². The SMILES string of the molecule is Cc1[nH]c(=O)sc1S(=O)(=O)N1C[C@H]2CNC[C@H]2C1. The van der Waals surface area contributed by atoms with Gasteiger partial charge in [-0.2, -0.15) is 4.31 Å². The molecule has 0 bridgehead atoms. The number of aryl methyl sites for hydroxylation is 1. The fraction of sp³-hybridized carbons (Fsp3) is 0.700. The Kier molecular flexibility index (Phi) is 2.85. The number of thiazole rings is 1. The lowest BCUT2D eigenvalue weighted by Crippen LogP contribution is -2.31. The lowest BCUT2D eigenvalue weighted by Gasteiger charge is -2.16. The second kappa shape index (κ2) is 4.16. The fourth-order valence-corrected chi connectivity index (χ4v) is 5.75. The maximum absolute atomic E-state index is 12.5. The monoisotopic (exact) mass is 289 g/mol. The summed E-state index contributed by atoms with van der Waals surface area (Å²) in [7, 11) is -3.50. The van der Waals surface area contributed by atoms with Gasteiger partial charge in [0.2, 0.25) is 0 Å². The number of nitrogens with zero attached hydrogens (tertiary/aromatic N) is 1. The molecule has 8 heteroatoms. The van der Waals surface area contributed by atoms with Crippen LogP contribution in [0.5, 0.6) is 0 Å². The number of hydrogen-bond donors (Lipinski definition) is 2. The van der Waals surface area contributed by atoms with Crippen LogP contribution < -0.4 is 10.2 Å². The maximum atomic E-state index is 12.5. The Morgan fingerprint density at radius 1 is 1.28 bits per heavy atom. The molecule has 2 saturated heterocycles. The molecule has 0 amide bonds. The highest BCUT2D eigenvalue weighted by atomic mass is 32.2. The lowest BCUT2D eigenvalue weighted by molar-refractivity contribution is 0.449. The van der Waals surface area contributed by atoms with Crippen molar-refractivity contribution in [2.45, 2.75) is 11.1 Å². The molecule has 0 aliphatic carbocycles. The highest BCUT2D eigenvalue weighted by Crippen LogP contribution is 2.32. The topological polar surface area (TPSA) is 82.3 Å². The van der Waals surface area contributed by atoms with Gasteiger partial charge in [-0.25, -0.2) is 8.42 Å². The third-order valence-electron chi connectivity index (χ3n) is 3.71. The van der Waals surface area contributed by atoms with E-state index < -0.39 is 10.0 Å². The maximum Gasteiger partial charge on any atom is 0.305 e. The van der Waals surface area contributed by atoms with Crippen LogP contribution in [0, 0.1) is 18.8 Å². The molecule has 2 atom stereocenters. The Morgan fingerprint density at radius 3 is 2.39 bits per heavy atom. The molecule has 0 spiro atoms. The minimum atomic E-state index is -3.50. The molecule has 2 N–H and O–H groups in total. The van der Waals surface area contributed by atoms with Crippen molar-refractivity contribution in [2.24, 2.45) is 11.8 Å². The molecule has 2 aliphatic heterocycles. The van der Waals surface area contributed by atoms with Crippen molar-refractivity contribution in [3.8, 4) is 0 Å². The van der Waals surface area contributed by atoms with Crippen LogP contribution in [0.2, 0.25) is 0 Å². The minimum absolute atomic E-state index is 0.167. The van der Waals surface area contributed by atoms with Crippen LogP contribution >= 0.6 is 11.3 Å². The molecule has 1 aromatic rings. The van der Waals surface area contributed by atoms with Crippen molar-refractivity contribution in [1.82, 2.24) is 14.6 Å². The zero-order chi connectivity index (χ0) is 12.9. The lowest BCUT2D eigenvalue weighted by atomic mass is 10.0. The summed E-state index contributed by atoms with van der Waals surface area (Å²) in [6.07, 6.45) is 0. The van der Waals surface area contributed by atoms with Crippen LogP contribution in [-0.4, -0.2) is 43.9 Å². The van der Waals surface area contributed by atoms with Crippen molar-refractivity contribution in [2.75, 3.05) is 26.2 Å². The number of nitrogens with one attached hydrogen (secondary N) is 2. The molecule has 2 aliphatic rings. The minimum Gasteiger partial charge on any atom is -0.316 e. The summed E-state index contributed by atoms with van der Waals surface area (Å²) in [4.78, 5) is 13.5. The third-order valence-corrected chi connectivity index (χ3v) is 7.12. The van der Waals surface area contributed by atoms with E-state index in [-0.39, 0.29) is 9.08 Å². The van der Waals surface area contributed by atoms with Gasteiger partial charge < -0.3 is 10.3 Å². The number of hydrogen-bond acceptors (Lipinski definition) is 5. The smallest absolute Gasteiger partial charge is 0.305 e. The average molecular weight is 289 g/mol. The first-order valence-corrected chi connectivity index (χ1v) is 8.14. The number of aromatic amines is 1. The van der Waals surface area contributed by atoms with Crippen LogP contribution in [0.15, 0.2) is 9.00 Å². The molecule has 3 heterocycles. The largest absolute Gasteiger partial charge is 0.316 e. The van der Waals surface area contributed by atoms with Gasteiger partial charge >= 0.3 is 4.87 Å². The van der Waals surface area contributed by atoms with E-state index in [0.29, 0.717) is 30.6 Å². The normalized spacial score (nSPS) is 28.7. The van der Waals surface area contributed by atoms with Gasteiger partial charge in [0.25, 0.3) is 10.0 Å². The predicted molar refractivity (Wildman–Crippen MR) is 68.3 cm³/mol. The molecular weight excluding hydrogens is 274 g/mol. The summed E-state index contributed by atoms with van der Waals surface area (Å²) in [5.41, 5.74) is 0.445. The summed E-state index contributed by atoms with van der Waals surface area (Å²) in [6.45, 7) is 4.53. The van der Waals surface area contributed by atoms with Crippen LogP contribution in [0.1, 0.15) is 5.69 Å². The van der Waals surface area contributed by atoms with Crippen molar-refractivity contribution < 1.29 is 8.42 Å². The van der Waals surface area contributed by atoms with E-state index in [1.165, 1.54) is 4.31 Å². The third kappa shape index (κ3) is 1.83. The Hall–Kier alpha value is -0.700. The predicted octanol–water partition coefficient (Wildman–Crippen LogP) is -0.415. The van der Waals surface area contributed by atoms with E-state index in [2.05, 4.69) is 10.3 Å². The molecule has 18 heavy (non-hydrogen) atoms. The van der Waals surface area contributed by atoms with Crippen LogP contribution in [-0.2, 0) is 10.0 Å². The van der Waals surface area contributed by atoms with Gasteiger partial charge in [-0.15, -0.1) is 0 Å². The first-order chi connectivity index (χ1) is 8.48. The van der Waals surface area contributed by atoms with Gasteiger partial charge in [0.1, 0.15) is 0 Å². The molecule has 2 fully saturated rings. The molecular formula is C10H15N3O3S2. The standard InChI is InChI=1S/C10H15N3O3S2/c1-6-9(17-10(14)12-6)18(15,16)13-4-7-2-11-3-8(7)5-13/h7-8,11H,2-5H2,1H3,(H,12,14)/t7-,8+. The number of rotatable bonds is 2. The Morgan fingerprint density at radius 2 is 1.89 bits per heavy atom. The Balaban J connectivity index is 1.92. The van der Waals surface area contributed by atoms with Crippen molar-refractivity contribution in [3.63, 3.8) is 0 Å². The number of aromatic nitrogens is 1. The second-order valence-corrected chi connectivity index (χ2v) is 8.04. The molecule has 0 aromatic carbocycles. The zero-order valence-electron chi connectivity index (χ0n) is 9.97. The first kappa shape index (κ1) is 12.3. The van der Waals surface area contributed by atoms with Gasteiger partial charge in [-0.3, -0.25) is 4.79 Å². The molecule has 1 aromatic heterocycles. The van der Waals surface area contributed by atoms with E-state index in [1.807, 2.05) is 0 Å². The van der Waals surface area contributed by atoms with E-state index in [1.54, 1.807) is 6.92 Å². The van der Waals surface area contributed by atoms with E-state index in [9.17, 15) is 13.2 Å². The number of sulfonamides is 1. The van der Waals surface area contributed by atoms with Gasteiger partial charge in [0, 0.05) is 18.8 Å². The van der Waals surface area contributed by atoms with Crippen molar-refractivity contribution in [3.05, 3.63) is 15.4 Å². The second-order valence-electron chi connectivity index (χ2n) is 4.93. The zero-order valence-corrected chi connectivity index (χ0v) is 11.6. The van der Waals surface area contributed by atoms with Crippen LogP contribution in [0.25, 0.3) is 0 Å². The number of fused-ring (bicyclic) bond motifs is 1. The summed E-state index contributed by atoms with van der Waals surface area (Å²) in [6, 6.07) is 0. The van der Waals surface area contributed by atoms with Gasteiger partial charge in [0.15, 0.2) is 4.21 Å². The molecule has 3 rings (SSSR count). The summed E-state index contributed by atoms with van der Waals surface area (Å²) >= 11 is 0.780. The molecule has 100 valence electrons. The Labute approximate surface area is 109 Å². The highest BCUT2D eigenvalue weighted by Gasteiger charge is 2.42. The van der Waals surface area contributed by atoms with Gasteiger partial charge in [-0.05, 0) is 31.8 Å². The van der Waals surface area contributed by atoms with E-state index >= 15 is 0 Å². The molecule has 0 saturated carbocycles. The summed E-state index contributed by atoms with van der Waals surface area (Å²) < 4.78 is 26.6. The van der Waals surface area contributed by atoms with Gasteiger partial charge in [0.05, 0.1) is 0 Å². The van der Waals surface area contributed by atoms with Crippen LogP contribution in [0.4, 0.5) is 0 Å².